The second-order valence-electron chi connectivity index (χ2n) is 8.67. The predicted octanol–water partition coefficient (Wildman–Crippen LogP) is 2.90. The Bertz CT molecular complexity index is 897. The van der Waals surface area contributed by atoms with Gasteiger partial charge < -0.3 is 40.6 Å². The van der Waals surface area contributed by atoms with Crippen LogP contribution in [-0.2, 0) is 16.0 Å². The molecular weight excluding hydrogens is 462 g/mol. The Kier molecular flexibility index (Phi) is 12.3. The first-order valence-electron chi connectivity index (χ1n) is 12.8. The van der Waals surface area contributed by atoms with E-state index in [1.54, 1.807) is 14.2 Å². The number of rotatable bonds is 17. The highest BCUT2D eigenvalue weighted by Crippen LogP contribution is 2.28. The van der Waals surface area contributed by atoms with Crippen LogP contribution >= 0.6 is 0 Å². The molecule has 1 fully saturated rings. The molecule has 0 radical (unpaired) electrons. The highest BCUT2D eigenvalue weighted by Gasteiger charge is 2.14. The number of hydrogen-bond donors (Lipinski definition) is 4. The number of nitrogens with one attached hydrogen (secondary N) is 3. The molecule has 1 aliphatic rings. The van der Waals surface area contributed by atoms with Crippen molar-refractivity contribution in [3.63, 3.8) is 0 Å². The zero-order valence-corrected chi connectivity index (χ0v) is 21.6. The Morgan fingerprint density at radius 3 is 2.17 bits per heavy atom. The second-order valence-corrected chi connectivity index (χ2v) is 8.67. The molecule has 0 saturated heterocycles. The van der Waals surface area contributed by atoms with Gasteiger partial charge in [-0.1, -0.05) is 25.3 Å². The number of benzene rings is 1. The number of nitrogens with zero attached hydrogens (tertiary/aromatic N) is 3. The van der Waals surface area contributed by atoms with E-state index < -0.39 is 0 Å². The topological polar surface area (TPSA) is 138 Å². The summed E-state index contributed by atoms with van der Waals surface area (Å²) in [6, 6.07) is 5.79. The molecule has 1 aromatic carbocycles. The molecule has 1 heterocycles. The first kappa shape index (κ1) is 27.7. The number of ether oxygens (including phenoxy) is 4. The minimum absolute atomic E-state index is 0.490. The fourth-order valence-electron chi connectivity index (χ4n) is 4.05. The summed E-state index contributed by atoms with van der Waals surface area (Å²) in [5, 5.41) is 9.95. The molecule has 0 unspecified atom stereocenters. The molecule has 3 rings (SSSR count). The van der Waals surface area contributed by atoms with Gasteiger partial charge in [0.05, 0.1) is 40.6 Å². The van der Waals surface area contributed by atoms with Crippen LogP contribution in [0.25, 0.3) is 0 Å². The maximum Gasteiger partial charge on any atom is 0.229 e. The average molecular weight is 504 g/mol. The van der Waals surface area contributed by atoms with Gasteiger partial charge in [0.15, 0.2) is 11.5 Å². The van der Waals surface area contributed by atoms with Crippen molar-refractivity contribution in [3.05, 3.63) is 23.8 Å². The Balaban J connectivity index is 1.58. The second kappa shape index (κ2) is 16.0. The van der Waals surface area contributed by atoms with Gasteiger partial charge in [-0.25, -0.2) is 0 Å². The van der Waals surface area contributed by atoms with Gasteiger partial charge in [-0.15, -0.1) is 0 Å². The van der Waals surface area contributed by atoms with E-state index in [2.05, 4.69) is 30.9 Å². The van der Waals surface area contributed by atoms with Crippen molar-refractivity contribution in [3.8, 4) is 11.5 Å². The maximum absolute atomic E-state index is 5.58. The van der Waals surface area contributed by atoms with Crippen LogP contribution in [0.2, 0.25) is 0 Å². The highest BCUT2D eigenvalue weighted by atomic mass is 16.5. The normalized spacial score (nSPS) is 13.9. The average Bonchev–Trinajstić information content (AvgIpc) is 2.92. The number of aromatic nitrogens is 3. The van der Waals surface area contributed by atoms with Crippen LogP contribution in [0.1, 0.15) is 37.7 Å². The van der Waals surface area contributed by atoms with Crippen LogP contribution in [-0.4, -0.2) is 75.2 Å². The number of hydrogen-bond acceptors (Lipinski definition) is 11. The van der Waals surface area contributed by atoms with Crippen LogP contribution in [0.4, 0.5) is 17.8 Å². The molecule has 36 heavy (non-hydrogen) atoms. The predicted molar refractivity (Wildman–Crippen MR) is 141 cm³/mol. The van der Waals surface area contributed by atoms with Crippen molar-refractivity contribution >= 4 is 17.8 Å². The molecule has 5 N–H and O–H groups in total. The molecule has 2 aromatic rings. The Hall–Kier alpha value is -2.89. The van der Waals surface area contributed by atoms with E-state index >= 15 is 0 Å². The lowest BCUT2D eigenvalue weighted by atomic mass is 9.89. The minimum atomic E-state index is 0.490. The van der Waals surface area contributed by atoms with Crippen molar-refractivity contribution in [2.75, 3.05) is 76.2 Å². The summed E-state index contributed by atoms with van der Waals surface area (Å²) in [5.41, 5.74) is 6.43. The molecule has 1 aliphatic carbocycles. The van der Waals surface area contributed by atoms with Crippen LogP contribution in [0.15, 0.2) is 18.2 Å². The van der Waals surface area contributed by atoms with Crippen molar-refractivity contribution in [1.29, 1.82) is 0 Å². The van der Waals surface area contributed by atoms with Crippen molar-refractivity contribution < 1.29 is 18.9 Å². The quantitative estimate of drug-likeness (QED) is 0.237. The first-order valence-corrected chi connectivity index (χ1v) is 12.8. The smallest absolute Gasteiger partial charge is 0.229 e. The summed E-state index contributed by atoms with van der Waals surface area (Å²) in [7, 11) is 3.25. The third-order valence-corrected chi connectivity index (χ3v) is 5.97. The van der Waals surface area contributed by atoms with Crippen LogP contribution in [0.3, 0.4) is 0 Å². The summed E-state index contributed by atoms with van der Waals surface area (Å²) in [6.45, 7) is 4.58. The van der Waals surface area contributed by atoms with Crippen LogP contribution in [0, 0.1) is 5.92 Å². The van der Waals surface area contributed by atoms with E-state index in [0.717, 1.165) is 12.1 Å². The van der Waals surface area contributed by atoms with Gasteiger partial charge in [-0.3, -0.25) is 0 Å². The number of methoxy groups -OCH3 is 2. The monoisotopic (exact) mass is 503 g/mol. The van der Waals surface area contributed by atoms with Gasteiger partial charge in [0, 0.05) is 26.2 Å². The van der Waals surface area contributed by atoms with Crippen LogP contribution in [0.5, 0.6) is 11.5 Å². The number of nitrogens with two attached hydrogens (primary N) is 1. The molecule has 1 aromatic heterocycles. The molecule has 0 spiro atoms. The summed E-state index contributed by atoms with van der Waals surface area (Å²) in [6.07, 6.45) is 6.43. The van der Waals surface area contributed by atoms with Crippen LogP contribution < -0.4 is 31.2 Å². The van der Waals surface area contributed by atoms with E-state index in [-0.39, 0.29) is 0 Å². The van der Waals surface area contributed by atoms with E-state index in [1.807, 2.05) is 18.2 Å². The molecule has 200 valence electrons. The highest BCUT2D eigenvalue weighted by molar-refractivity contribution is 5.45. The first-order chi connectivity index (χ1) is 17.7. The lowest BCUT2D eigenvalue weighted by Crippen LogP contribution is -2.20. The molecular formula is C25H41N7O4. The van der Waals surface area contributed by atoms with Gasteiger partial charge in [0.1, 0.15) is 0 Å². The van der Waals surface area contributed by atoms with E-state index in [9.17, 15) is 0 Å². The van der Waals surface area contributed by atoms with E-state index in [4.69, 9.17) is 24.7 Å². The summed E-state index contributed by atoms with van der Waals surface area (Å²) < 4.78 is 21.6. The Morgan fingerprint density at radius 1 is 0.806 bits per heavy atom. The molecule has 0 amide bonds. The molecule has 0 bridgehead atoms. The third-order valence-electron chi connectivity index (χ3n) is 5.97. The Morgan fingerprint density at radius 2 is 1.47 bits per heavy atom. The van der Waals surface area contributed by atoms with Crippen molar-refractivity contribution in [2.45, 2.75) is 38.6 Å². The fraction of sp³-hybridized carbons (Fsp3) is 0.640. The van der Waals surface area contributed by atoms with Gasteiger partial charge in [-0.05, 0) is 36.5 Å². The Labute approximate surface area is 213 Å². The number of anilines is 3. The largest absolute Gasteiger partial charge is 0.493 e. The summed E-state index contributed by atoms with van der Waals surface area (Å²) >= 11 is 0. The molecule has 0 atom stereocenters. The lowest BCUT2D eigenvalue weighted by Gasteiger charge is -2.21. The zero-order chi connectivity index (χ0) is 25.4. The minimum Gasteiger partial charge on any atom is -0.493 e. The molecule has 1 saturated carbocycles. The van der Waals surface area contributed by atoms with Crippen molar-refractivity contribution in [2.24, 2.45) is 11.7 Å². The molecule has 0 aliphatic heterocycles. The third kappa shape index (κ3) is 9.63. The standard InChI is InChI=1S/C25H41N7O4/c1-33-21-9-8-20(16-22(21)34-2)18-29-25-31-23(27-11-13-36-15-14-35-12-10-26)30-24(32-25)28-17-19-6-4-3-5-7-19/h8-9,16,19H,3-7,10-15,17-18,26H2,1-2H3,(H3,27,28,29,30,31,32). The van der Waals surface area contributed by atoms with E-state index in [1.165, 1.54) is 32.1 Å². The van der Waals surface area contributed by atoms with Gasteiger partial charge >= 0.3 is 0 Å². The molecule has 11 nitrogen and oxygen atoms in total. The van der Waals surface area contributed by atoms with Crippen molar-refractivity contribution in [1.82, 2.24) is 15.0 Å². The molecule has 11 heteroatoms. The maximum atomic E-state index is 5.58. The summed E-state index contributed by atoms with van der Waals surface area (Å²) in [5.74, 6) is 3.57. The van der Waals surface area contributed by atoms with Gasteiger partial charge in [0.25, 0.3) is 0 Å². The fourth-order valence-corrected chi connectivity index (χ4v) is 4.05. The van der Waals surface area contributed by atoms with Gasteiger partial charge in [-0.2, -0.15) is 15.0 Å². The lowest BCUT2D eigenvalue weighted by molar-refractivity contribution is 0.0547. The van der Waals surface area contributed by atoms with E-state index in [0.29, 0.717) is 81.3 Å². The SMILES string of the molecule is COc1ccc(CNc2nc(NCCOCCOCCN)nc(NCC3CCCCC3)n2)cc1OC. The zero-order valence-electron chi connectivity index (χ0n) is 21.6. The summed E-state index contributed by atoms with van der Waals surface area (Å²) in [4.78, 5) is 13.7. The van der Waals surface area contributed by atoms with Gasteiger partial charge in [0.2, 0.25) is 17.8 Å².